The van der Waals surface area contributed by atoms with Crippen LogP contribution >= 0.6 is 0 Å². The van der Waals surface area contributed by atoms with Crippen LogP contribution in [-0.2, 0) is 21.1 Å². The summed E-state index contributed by atoms with van der Waals surface area (Å²) in [6.07, 6.45) is 3.80. The van der Waals surface area contributed by atoms with Gasteiger partial charge in [0.15, 0.2) is 0 Å². The number of amides is 1. The van der Waals surface area contributed by atoms with Crippen molar-refractivity contribution < 1.29 is 17.6 Å². The third-order valence-electron chi connectivity index (χ3n) is 4.46. The van der Waals surface area contributed by atoms with Gasteiger partial charge in [0.2, 0.25) is 5.91 Å². The first-order chi connectivity index (χ1) is 11.2. The molecule has 134 valence electrons. The van der Waals surface area contributed by atoms with Gasteiger partial charge in [-0.25, -0.2) is 12.8 Å². The Bertz CT molecular complexity index is 670. The molecule has 0 spiro atoms. The standard InChI is InChI=1S/C17H25FN2O3S/c1-24(22,23)10-7-16(19)17(21)20-8-5-13(6-9-20)11-14-3-2-4-15(18)12-14/h2-4,12-13,16H,5-11,19H2,1H3. The van der Waals surface area contributed by atoms with E-state index < -0.39 is 15.9 Å². The number of rotatable bonds is 6. The molecular weight excluding hydrogens is 331 g/mol. The summed E-state index contributed by atoms with van der Waals surface area (Å²) in [4.78, 5) is 14.0. The summed E-state index contributed by atoms with van der Waals surface area (Å²) in [6, 6.07) is 5.85. The van der Waals surface area contributed by atoms with Crippen LogP contribution in [0, 0.1) is 11.7 Å². The lowest BCUT2D eigenvalue weighted by atomic mass is 9.90. The smallest absolute Gasteiger partial charge is 0.239 e. The van der Waals surface area contributed by atoms with E-state index in [1.165, 1.54) is 6.07 Å². The third-order valence-corrected chi connectivity index (χ3v) is 5.43. The Morgan fingerprint density at radius 3 is 2.62 bits per heavy atom. The van der Waals surface area contributed by atoms with E-state index in [0.717, 1.165) is 31.1 Å². The van der Waals surface area contributed by atoms with Gasteiger partial charge in [0.25, 0.3) is 0 Å². The van der Waals surface area contributed by atoms with Gasteiger partial charge < -0.3 is 10.6 Å². The molecule has 1 aliphatic heterocycles. The number of benzene rings is 1. The van der Waals surface area contributed by atoms with Gasteiger partial charge >= 0.3 is 0 Å². The zero-order chi connectivity index (χ0) is 17.7. The highest BCUT2D eigenvalue weighted by Crippen LogP contribution is 2.22. The molecule has 0 saturated carbocycles. The fourth-order valence-corrected chi connectivity index (χ4v) is 3.74. The number of likely N-dealkylation sites (tertiary alicyclic amines) is 1. The van der Waals surface area contributed by atoms with Gasteiger partial charge in [0.1, 0.15) is 15.7 Å². The fraction of sp³-hybridized carbons (Fsp3) is 0.588. The van der Waals surface area contributed by atoms with Gasteiger partial charge in [-0.2, -0.15) is 0 Å². The molecule has 0 radical (unpaired) electrons. The van der Waals surface area contributed by atoms with Crippen LogP contribution in [0.3, 0.4) is 0 Å². The number of hydrogen-bond acceptors (Lipinski definition) is 4. The maximum atomic E-state index is 13.2. The average Bonchev–Trinajstić information content (AvgIpc) is 2.52. The normalized spacial score (nSPS) is 17.7. The summed E-state index contributed by atoms with van der Waals surface area (Å²) in [5.41, 5.74) is 6.81. The van der Waals surface area contributed by atoms with Crippen molar-refractivity contribution in [3.8, 4) is 0 Å². The van der Waals surface area contributed by atoms with E-state index >= 15 is 0 Å². The van der Waals surface area contributed by atoms with Crippen LogP contribution in [0.1, 0.15) is 24.8 Å². The second-order valence-corrected chi connectivity index (χ2v) is 8.89. The number of nitrogens with zero attached hydrogens (tertiary/aromatic N) is 1. The molecule has 1 aromatic carbocycles. The molecular formula is C17H25FN2O3S. The van der Waals surface area contributed by atoms with Crippen molar-refractivity contribution in [1.82, 2.24) is 4.90 Å². The molecule has 2 rings (SSSR count). The summed E-state index contributed by atoms with van der Waals surface area (Å²) in [7, 11) is -3.11. The minimum Gasteiger partial charge on any atom is -0.341 e. The summed E-state index contributed by atoms with van der Waals surface area (Å²) in [5.74, 6) is -0.0569. The zero-order valence-corrected chi connectivity index (χ0v) is 14.8. The van der Waals surface area contributed by atoms with Gasteiger partial charge in [-0.05, 0) is 49.3 Å². The molecule has 1 aromatic rings. The van der Waals surface area contributed by atoms with Crippen LogP contribution in [-0.4, -0.2) is 50.4 Å². The van der Waals surface area contributed by atoms with Crippen LogP contribution in [0.2, 0.25) is 0 Å². The zero-order valence-electron chi connectivity index (χ0n) is 13.9. The maximum Gasteiger partial charge on any atom is 0.239 e. The number of nitrogens with two attached hydrogens (primary N) is 1. The monoisotopic (exact) mass is 356 g/mol. The number of hydrogen-bond donors (Lipinski definition) is 1. The first-order valence-electron chi connectivity index (χ1n) is 8.21. The molecule has 1 saturated heterocycles. The molecule has 24 heavy (non-hydrogen) atoms. The Labute approximate surface area is 142 Å². The predicted molar refractivity (Wildman–Crippen MR) is 91.7 cm³/mol. The lowest BCUT2D eigenvalue weighted by molar-refractivity contribution is -0.134. The number of carbonyl (C=O) groups excluding carboxylic acids is 1. The minimum absolute atomic E-state index is 0.0735. The lowest BCUT2D eigenvalue weighted by Crippen LogP contribution is -2.47. The van der Waals surface area contributed by atoms with Crippen LogP contribution < -0.4 is 5.73 Å². The van der Waals surface area contributed by atoms with Crippen LogP contribution in [0.5, 0.6) is 0 Å². The average molecular weight is 356 g/mol. The van der Waals surface area contributed by atoms with Gasteiger partial charge in [0, 0.05) is 19.3 Å². The molecule has 0 aromatic heterocycles. The number of piperidine rings is 1. The SMILES string of the molecule is CS(=O)(=O)CCC(N)C(=O)N1CCC(Cc2cccc(F)c2)CC1. The summed E-state index contributed by atoms with van der Waals surface area (Å²) in [6.45, 7) is 1.23. The van der Waals surface area contributed by atoms with Gasteiger partial charge in [-0.3, -0.25) is 4.79 Å². The molecule has 0 aliphatic carbocycles. The Hall–Kier alpha value is -1.47. The molecule has 1 aliphatic rings. The maximum absolute atomic E-state index is 13.2. The van der Waals surface area contributed by atoms with Gasteiger partial charge in [0.05, 0.1) is 11.8 Å². The number of carbonyl (C=O) groups is 1. The first-order valence-corrected chi connectivity index (χ1v) is 10.3. The van der Waals surface area contributed by atoms with Crippen molar-refractivity contribution in [1.29, 1.82) is 0 Å². The van der Waals surface area contributed by atoms with E-state index in [2.05, 4.69) is 0 Å². The first kappa shape index (κ1) is 18.9. The van der Waals surface area contributed by atoms with E-state index in [0.29, 0.717) is 19.0 Å². The Morgan fingerprint density at radius 2 is 2.04 bits per heavy atom. The fourth-order valence-electron chi connectivity index (χ4n) is 3.05. The van der Waals surface area contributed by atoms with Crippen molar-refractivity contribution in [3.63, 3.8) is 0 Å². The molecule has 1 heterocycles. The number of sulfone groups is 1. The number of halogens is 1. The van der Waals surface area contributed by atoms with E-state index in [4.69, 9.17) is 5.73 Å². The van der Waals surface area contributed by atoms with Crippen LogP contribution in [0.25, 0.3) is 0 Å². The van der Waals surface area contributed by atoms with Crippen molar-refractivity contribution in [3.05, 3.63) is 35.6 Å². The lowest BCUT2D eigenvalue weighted by Gasteiger charge is -2.33. The Balaban J connectivity index is 1.80. The summed E-state index contributed by atoms with van der Waals surface area (Å²) in [5, 5.41) is 0. The van der Waals surface area contributed by atoms with E-state index in [1.54, 1.807) is 17.0 Å². The van der Waals surface area contributed by atoms with Crippen molar-refractivity contribution in [2.75, 3.05) is 25.1 Å². The second-order valence-electron chi connectivity index (χ2n) is 6.63. The Morgan fingerprint density at radius 1 is 1.38 bits per heavy atom. The highest BCUT2D eigenvalue weighted by atomic mass is 32.2. The third kappa shape index (κ3) is 5.87. The predicted octanol–water partition coefficient (Wildman–Crippen LogP) is 1.37. The van der Waals surface area contributed by atoms with Gasteiger partial charge in [-0.1, -0.05) is 12.1 Å². The largest absolute Gasteiger partial charge is 0.341 e. The topological polar surface area (TPSA) is 80.5 Å². The molecule has 1 unspecified atom stereocenters. The highest BCUT2D eigenvalue weighted by Gasteiger charge is 2.26. The second kappa shape index (κ2) is 8.07. The summed E-state index contributed by atoms with van der Waals surface area (Å²) >= 11 is 0. The summed E-state index contributed by atoms with van der Waals surface area (Å²) < 4.78 is 35.6. The molecule has 1 atom stereocenters. The molecule has 7 heteroatoms. The highest BCUT2D eigenvalue weighted by molar-refractivity contribution is 7.90. The van der Waals surface area contributed by atoms with Crippen LogP contribution in [0.15, 0.2) is 24.3 Å². The van der Waals surface area contributed by atoms with Crippen LogP contribution in [0.4, 0.5) is 4.39 Å². The molecule has 5 nitrogen and oxygen atoms in total. The molecule has 2 N–H and O–H groups in total. The molecule has 1 fully saturated rings. The van der Waals surface area contributed by atoms with E-state index in [1.807, 2.05) is 6.07 Å². The van der Waals surface area contributed by atoms with Crippen molar-refractivity contribution >= 4 is 15.7 Å². The van der Waals surface area contributed by atoms with Gasteiger partial charge in [-0.15, -0.1) is 0 Å². The van der Waals surface area contributed by atoms with E-state index in [9.17, 15) is 17.6 Å². The molecule has 0 bridgehead atoms. The van der Waals surface area contributed by atoms with E-state index in [-0.39, 0.29) is 23.9 Å². The van der Waals surface area contributed by atoms with Crippen molar-refractivity contribution in [2.24, 2.45) is 11.7 Å². The Kier molecular flexibility index (Phi) is 6.34. The quantitative estimate of drug-likeness (QED) is 0.835. The van der Waals surface area contributed by atoms with Crippen molar-refractivity contribution in [2.45, 2.75) is 31.7 Å². The minimum atomic E-state index is -3.11. The molecule has 1 amide bonds.